The fourth-order valence-corrected chi connectivity index (χ4v) is 4.48. The van der Waals surface area contributed by atoms with Gasteiger partial charge in [0.2, 0.25) is 5.91 Å². The zero-order chi connectivity index (χ0) is 19.2. The molecule has 0 unspecified atom stereocenters. The van der Waals surface area contributed by atoms with Crippen LogP contribution in [0.15, 0.2) is 34.6 Å². The van der Waals surface area contributed by atoms with E-state index in [1.807, 2.05) is 37.4 Å². The van der Waals surface area contributed by atoms with Crippen LogP contribution in [-0.2, 0) is 16.0 Å². The third kappa shape index (κ3) is 5.40. The number of thioether (sulfide) groups is 1. The minimum atomic E-state index is -0.482. The molecular weight excluding hydrogens is 382 g/mol. The largest absolute Gasteiger partial charge is 0.491 e. The van der Waals surface area contributed by atoms with E-state index in [0.29, 0.717) is 24.5 Å². The van der Waals surface area contributed by atoms with E-state index >= 15 is 0 Å². The van der Waals surface area contributed by atoms with Gasteiger partial charge in [-0.25, -0.2) is 9.98 Å². The molecule has 0 saturated carbocycles. The second-order valence-electron chi connectivity index (χ2n) is 6.11. The summed E-state index contributed by atoms with van der Waals surface area (Å²) in [6.07, 6.45) is 1.50. The lowest BCUT2D eigenvalue weighted by Crippen LogP contribution is -2.21. The maximum Gasteiger partial charge on any atom is 0.260 e. The molecular formula is C19H21N3O3S2. The normalized spacial score (nSPS) is 16.3. The summed E-state index contributed by atoms with van der Waals surface area (Å²) < 4.78 is 5.65. The number of carbonyl (C=O) groups excluding carboxylic acids is 2. The SMILES string of the molecule is CCCOc1ccccc1NC(=O)C[C@H]1SC(Cc2nc(C)cs2)=NC1=O. The number of nitrogens with one attached hydrogen (secondary N) is 1. The van der Waals surface area contributed by atoms with Crippen LogP contribution in [0, 0.1) is 6.92 Å². The van der Waals surface area contributed by atoms with Gasteiger partial charge in [0.15, 0.2) is 0 Å². The van der Waals surface area contributed by atoms with Crippen molar-refractivity contribution in [3.05, 3.63) is 40.3 Å². The molecule has 0 aliphatic carbocycles. The molecule has 1 aliphatic rings. The van der Waals surface area contributed by atoms with Gasteiger partial charge in [-0.05, 0) is 25.5 Å². The Balaban J connectivity index is 1.55. The summed E-state index contributed by atoms with van der Waals surface area (Å²) in [6, 6.07) is 7.30. The van der Waals surface area contributed by atoms with Gasteiger partial charge in [0.05, 0.1) is 22.3 Å². The minimum absolute atomic E-state index is 0.0789. The molecule has 0 saturated heterocycles. The van der Waals surface area contributed by atoms with E-state index in [-0.39, 0.29) is 18.2 Å². The number of amides is 2. The fourth-order valence-electron chi connectivity index (χ4n) is 2.54. The highest BCUT2D eigenvalue weighted by Crippen LogP contribution is 2.29. The monoisotopic (exact) mass is 403 g/mol. The van der Waals surface area contributed by atoms with Crippen molar-refractivity contribution in [2.24, 2.45) is 4.99 Å². The molecule has 1 aromatic carbocycles. The topological polar surface area (TPSA) is 80.7 Å². The van der Waals surface area contributed by atoms with Crippen molar-refractivity contribution >= 4 is 45.6 Å². The second kappa shape index (κ2) is 9.14. The number of para-hydroxylation sites is 2. The van der Waals surface area contributed by atoms with Crippen molar-refractivity contribution in [3.8, 4) is 5.75 Å². The van der Waals surface area contributed by atoms with Crippen molar-refractivity contribution in [2.45, 2.75) is 38.4 Å². The third-order valence-electron chi connectivity index (χ3n) is 3.75. The second-order valence-corrected chi connectivity index (χ2v) is 8.33. The van der Waals surface area contributed by atoms with E-state index in [1.54, 1.807) is 17.4 Å². The number of nitrogens with zero attached hydrogens (tertiary/aromatic N) is 2. The Bertz CT molecular complexity index is 863. The highest BCUT2D eigenvalue weighted by atomic mass is 32.2. The first kappa shape index (κ1) is 19.6. The standard InChI is InChI=1S/C19H21N3O3S2/c1-3-8-25-14-7-5-4-6-13(14)21-16(23)9-15-19(24)22-18(27-15)10-17-20-12(2)11-26-17/h4-7,11,15H,3,8-10H2,1-2H3,(H,21,23)/t15-/m1/s1. The summed E-state index contributed by atoms with van der Waals surface area (Å²) in [7, 11) is 0. The highest BCUT2D eigenvalue weighted by molar-refractivity contribution is 8.15. The van der Waals surface area contributed by atoms with Gasteiger partial charge in [-0.2, -0.15) is 0 Å². The molecule has 2 amide bonds. The van der Waals surface area contributed by atoms with Gasteiger partial charge in [0.25, 0.3) is 5.91 Å². The summed E-state index contributed by atoms with van der Waals surface area (Å²) in [5.74, 6) is 0.151. The zero-order valence-corrected chi connectivity index (χ0v) is 16.9. The van der Waals surface area contributed by atoms with E-state index in [0.717, 1.165) is 22.2 Å². The first-order valence-electron chi connectivity index (χ1n) is 8.76. The van der Waals surface area contributed by atoms with Crippen LogP contribution in [0.5, 0.6) is 5.75 Å². The van der Waals surface area contributed by atoms with Gasteiger partial charge in [-0.15, -0.1) is 11.3 Å². The molecule has 2 aromatic rings. The van der Waals surface area contributed by atoms with Crippen LogP contribution in [-0.4, -0.2) is 33.7 Å². The smallest absolute Gasteiger partial charge is 0.260 e. The van der Waals surface area contributed by atoms with Gasteiger partial charge in [-0.3, -0.25) is 9.59 Å². The molecule has 1 atom stereocenters. The molecule has 142 valence electrons. The lowest BCUT2D eigenvalue weighted by Gasteiger charge is -2.13. The number of aromatic nitrogens is 1. The molecule has 27 heavy (non-hydrogen) atoms. The van der Waals surface area contributed by atoms with Crippen molar-refractivity contribution < 1.29 is 14.3 Å². The Morgan fingerprint density at radius 1 is 1.33 bits per heavy atom. The molecule has 8 heteroatoms. The number of hydrogen-bond acceptors (Lipinski definition) is 6. The van der Waals surface area contributed by atoms with Gasteiger partial charge in [-0.1, -0.05) is 30.8 Å². The van der Waals surface area contributed by atoms with E-state index in [1.165, 1.54) is 11.8 Å². The summed E-state index contributed by atoms with van der Waals surface area (Å²) in [6.45, 7) is 4.54. The predicted molar refractivity (Wildman–Crippen MR) is 110 cm³/mol. The molecule has 1 aromatic heterocycles. The lowest BCUT2D eigenvalue weighted by molar-refractivity contribution is -0.121. The zero-order valence-electron chi connectivity index (χ0n) is 15.2. The van der Waals surface area contributed by atoms with Crippen LogP contribution in [0.2, 0.25) is 0 Å². The van der Waals surface area contributed by atoms with Crippen LogP contribution in [0.25, 0.3) is 0 Å². The summed E-state index contributed by atoms with van der Waals surface area (Å²) in [5.41, 5.74) is 1.58. The van der Waals surface area contributed by atoms with E-state index in [9.17, 15) is 9.59 Å². The van der Waals surface area contributed by atoms with Crippen LogP contribution >= 0.6 is 23.1 Å². The first-order chi connectivity index (χ1) is 13.0. The van der Waals surface area contributed by atoms with Crippen molar-refractivity contribution in [3.63, 3.8) is 0 Å². The number of aliphatic imine (C=N–C) groups is 1. The van der Waals surface area contributed by atoms with E-state index < -0.39 is 5.25 Å². The van der Waals surface area contributed by atoms with Crippen molar-refractivity contribution in [1.82, 2.24) is 4.98 Å². The van der Waals surface area contributed by atoms with Crippen LogP contribution in [0.1, 0.15) is 30.5 Å². The lowest BCUT2D eigenvalue weighted by atomic mass is 10.2. The summed E-state index contributed by atoms with van der Waals surface area (Å²) >= 11 is 2.91. The number of carbonyl (C=O) groups is 2. The molecule has 1 aliphatic heterocycles. The highest BCUT2D eigenvalue weighted by Gasteiger charge is 2.30. The maximum atomic E-state index is 12.4. The van der Waals surface area contributed by atoms with Gasteiger partial charge in [0.1, 0.15) is 11.0 Å². The van der Waals surface area contributed by atoms with E-state index in [4.69, 9.17) is 4.74 Å². The van der Waals surface area contributed by atoms with E-state index in [2.05, 4.69) is 15.3 Å². The predicted octanol–water partition coefficient (Wildman–Crippen LogP) is 3.85. The number of rotatable bonds is 8. The molecule has 2 heterocycles. The maximum absolute atomic E-state index is 12.4. The Morgan fingerprint density at radius 3 is 2.89 bits per heavy atom. The Kier molecular flexibility index (Phi) is 6.63. The Morgan fingerprint density at radius 2 is 2.15 bits per heavy atom. The van der Waals surface area contributed by atoms with Gasteiger partial charge in [0, 0.05) is 23.9 Å². The molecule has 0 fully saturated rings. The molecule has 3 rings (SSSR count). The quantitative estimate of drug-likeness (QED) is 0.724. The molecule has 0 radical (unpaired) electrons. The number of thiazole rings is 1. The van der Waals surface area contributed by atoms with Crippen LogP contribution < -0.4 is 10.1 Å². The number of benzene rings is 1. The molecule has 0 bridgehead atoms. The number of hydrogen-bond donors (Lipinski definition) is 1. The number of ether oxygens (including phenoxy) is 1. The molecule has 1 N–H and O–H groups in total. The van der Waals surface area contributed by atoms with Crippen molar-refractivity contribution in [1.29, 1.82) is 0 Å². The number of aryl methyl sites for hydroxylation is 1. The number of anilines is 1. The first-order valence-corrected chi connectivity index (χ1v) is 10.5. The Hall–Kier alpha value is -2.19. The average molecular weight is 404 g/mol. The fraction of sp³-hybridized carbons (Fsp3) is 0.368. The summed E-state index contributed by atoms with van der Waals surface area (Å²) in [5, 5.41) is 5.99. The van der Waals surface area contributed by atoms with Crippen LogP contribution in [0.3, 0.4) is 0 Å². The minimum Gasteiger partial charge on any atom is -0.491 e. The van der Waals surface area contributed by atoms with Gasteiger partial charge < -0.3 is 10.1 Å². The Labute approximate surface area is 166 Å². The third-order valence-corrected chi connectivity index (χ3v) is 5.88. The molecule has 0 spiro atoms. The van der Waals surface area contributed by atoms with Crippen LogP contribution in [0.4, 0.5) is 5.69 Å². The van der Waals surface area contributed by atoms with Crippen molar-refractivity contribution in [2.75, 3.05) is 11.9 Å². The molecule has 6 nitrogen and oxygen atoms in total. The van der Waals surface area contributed by atoms with Gasteiger partial charge >= 0.3 is 0 Å². The summed E-state index contributed by atoms with van der Waals surface area (Å²) in [4.78, 5) is 33.1. The average Bonchev–Trinajstić information content (AvgIpc) is 3.19.